The number of nitrogens with one attached hydrogen (secondary N) is 1. The van der Waals surface area contributed by atoms with Gasteiger partial charge in [0.05, 0.1) is 0 Å². The van der Waals surface area contributed by atoms with Crippen molar-refractivity contribution in [3.8, 4) is 0 Å². The van der Waals surface area contributed by atoms with Crippen LogP contribution in [0.15, 0.2) is 12.1 Å². The highest BCUT2D eigenvalue weighted by Gasteiger charge is 2.09. The van der Waals surface area contributed by atoms with Crippen molar-refractivity contribution in [1.29, 1.82) is 0 Å². The molecule has 0 bridgehead atoms. The summed E-state index contributed by atoms with van der Waals surface area (Å²) < 4.78 is 38.8. The molecule has 1 amide bonds. The second-order valence-corrected chi connectivity index (χ2v) is 4.07. The molecular weight excluding hydrogens is 245 g/mol. The van der Waals surface area contributed by atoms with Crippen LogP contribution in [0, 0.1) is 17.5 Å². The number of hydrogen-bond donors (Lipinski definition) is 1. The molecule has 0 fully saturated rings. The van der Waals surface area contributed by atoms with Crippen molar-refractivity contribution in [3.05, 3.63) is 35.1 Å². The summed E-state index contributed by atoms with van der Waals surface area (Å²) in [5, 5.41) is 2.80. The van der Waals surface area contributed by atoms with Gasteiger partial charge in [-0.25, -0.2) is 13.2 Å². The number of hydrogen-bond acceptors (Lipinski definition) is 2. The van der Waals surface area contributed by atoms with Crippen LogP contribution in [-0.4, -0.2) is 31.4 Å². The summed E-state index contributed by atoms with van der Waals surface area (Å²) in [5.41, 5.74) is 0.0335. The molecule has 3 nitrogen and oxygen atoms in total. The molecule has 0 aromatic heterocycles. The summed E-state index contributed by atoms with van der Waals surface area (Å²) in [6.07, 6.45) is 0.262. The molecule has 0 saturated carbocycles. The van der Waals surface area contributed by atoms with Crippen LogP contribution in [0.3, 0.4) is 0 Å². The van der Waals surface area contributed by atoms with E-state index < -0.39 is 17.5 Å². The monoisotopic (exact) mass is 260 g/mol. The fourth-order valence-corrected chi connectivity index (χ4v) is 1.34. The van der Waals surface area contributed by atoms with Gasteiger partial charge < -0.3 is 10.2 Å². The van der Waals surface area contributed by atoms with Gasteiger partial charge in [0, 0.05) is 45.2 Å². The molecule has 0 radical (unpaired) electrons. The van der Waals surface area contributed by atoms with Crippen LogP contribution in [0.25, 0.3) is 0 Å². The van der Waals surface area contributed by atoms with E-state index in [1.807, 2.05) is 0 Å². The van der Waals surface area contributed by atoms with Crippen LogP contribution in [0.5, 0.6) is 0 Å². The molecule has 0 aliphatic carbocycles. The number of carbonyl (C=O) groups excluding carboxylic acids is 1. The van der Waals surface area contributed by atoms with Gasteiger partial charge in [-0.2, -0.15) is 0 Å². The summed E-state index contributed by atoms with van der Waals surface area (Å²) in [6.45, 7) is 0.388. The molecule has 0 saturated heterocycles. The lowest BCUT2D eigenvalue weighted by Crippen LogP contribution is -2.26. The summed E-state index contributed by atoms with van der Waals surface area (Å²) in [6, 6.07) is 1.32. The fourth-order valence-electron chi connectivity index (χ4n) is 1.34. The Morgan fingerprint density at radius 1 is 1.17 bits per heavy atom. The molecule has 0 aliphatic rings. The van der Waals surface area contributed by atoms with Crippen molar-refractivity contribution in [2.24, 2.45) is 0 Å². The molecule has 1 N–H and O–H groups in total. The van der Waals surface area contributed by atoms with E-state index in [2.05, 4.69) is 5.32 Å². The van der Waals surface area contributed by atoms with E-state index in [9.17, 15) is 18.0 Å². The number of amides is 1. The zero-order chi connectivity index (χ0) is 13.7. The number of benzene rings is 1. The highest BCUT2D eigenvalue weighted by molar-refractivity contribution is 5.75. The average molecular weight is 260 g/mol. The van der Waals surface area contributed by atoms with Gasteiger partial charge in [-0.1, -0.05) is 0 Å². The Morgan fingerprint density at radius 3 is 2.39 bits per heavy atom. The van der Waals surface area contributed by atoms with Crippen LogP contribution >= 0.6 is 0 Å². The van der Waals surface area contributed by atoms with Gasteiger partial charge in [-0.3, -0.25) is 4.79 Å². The Labute approximate surface area is 104 Å². The van der Waals surface area contributed by atoms with Gasteiger partial charge in [0.15, 0.2) is 11.6 Å². The smallest absolute Gasteiger partial charge is 0.223 e. The van der Waals surface area contributed by atoms with Crippen LogP contribution in [0.4, 0.5) is 13.2 Å². The highest BCUT2D eigenvalue weighted by atomic mass is 19.2. The van der Waals surface area contributed by atoms with Crippen molar-refractivity contribution < 1.29 is 18.0 Å². The van der Waals surface area contributed by atoms with E-state index in [0.29, 0.717) is 12.6 Å². The van der Waals surface area contributed by atoms with Crippen molar-refractivity contribution in [2.45, 2.75) is 13.0 Å². The van der Waals surface area contributed by atoms with Crippen LogP contribution in [0.1, 0.15) is 12.0 Å². The molecular formula is C12H15F3N2O. The summed E-state index contributed by atoms with van der Waals surface area (Å²) in [4.78, 5) is 12.7. The number of rotatable bonds is 5. The van der Waals surface area contributed by atoms with Gasteiger partial charge in [-0.15, -0.1) is 0 Å². The van der Waals surface area contributed by atoms with Crippen molar-refractivity contribution in [2.75, 3.05) is 20.6 Å². The van der Waals surface area contributed by atoms with Crippen LogP contribution in [-0.2, 0) is 11.3 Å². The van der Waals surface area contributed by atoms with E-state index in [1.165, 1.54) is 4.90 Å². The van der Waals surface area contributed by atoms with Gasteiger partial charge in [0.1, 0.15) is 5.82 Å². The van der Waals surface area contributed by atoms with E-state index in [4.69, 9.17) is 0 Å². The first kappa shape index (κ1) is 14.5. The maximum absolute atomic E-state index is 13.2. The molecule has 0 unspecified atom stereocenters. The first-order valence-electron chi connectivity index (χ1n) is 5.46. The third kappa shape index (κ3) is 4.03. The number of halogens is 3. The highest BCUT2D eigenvalue weighted by Crippen LogP contribution is 2.13. The minimum Gasteiger partial charge on any atom is -0.349 e. The van der Waals surface area contributed by atoms with Gasteiger partial charge in [0.2, 0.25) is 5.91 Å². The van der Waals surface area contributed by atoms with Crippen LogP contribution < -0.4 is 5.32 Å². The quantitative estimate of drug-likeness (QED) is 0.645. The summed E-state index contributed by atoms with van der Waals surface area (Å²) in [7, 11) is 3.27. The number of nitrogens with zero attached hydrogens (tertiary/aromatic N) is 1. The zero-order valence-electron chi connectivity index (χ0n) is 10.3. The lowest BCUT2D eigenvalue weighted by Gasteiger charge is -2.10. The van der Waals surface area contributed by atoms with E-state index in [1.54, 1.807) is 14.1 Å². The predicted molar refractivity (Wildman–Crippen MR) is 61.3 cm³/mol. The van der Waals surface area contributed by atoms with Gasteiger partial charge in [0.25, 0.3) is 0 Å². The van der Waals surface area contributed by atoms with E-state index >= 15 is 0 Å². The molecule has 1 aromatic carbocycles. The standard InChI is InChI=1S/C12H15F3N2O/c1-17(2)12(18)3-4-16-7-8-5-10(14)11(15)6-9(8)13/h5-6,16H,3-4,7H2,1-2H3. The molecule has 0 spiro atoms. The Hall–Kier alpha value is -1.56. The Morgan fingerprint density at radius 2 is 1.78 bits per heavy atom. The summed E-state index contributed by atoms with van der Waals surface area (Å²) in [5.74, 6) is -3.16. The average Bonchev–Trinajstić information content (AvgIpc) is 2.30. The molecule has 0 aliphatic heterocycles. The van der Waals surface area contributed by atoms with Crippen molar-refractivity contribution in [1.82, 2.24) is 10.2 Å². The largest absolute Gasteiger partial charge is 0.349 e. The Kier molecular flexibility index (Phi) is 5.15. The minimum atomic E-state index is -1.21. The maximum Gasteiger partial charge on any atom is 0.223 e. The third-order valence-corrected chi connectivity index (χ3v) is 2.42. The Balaban J connectivity index is 2.45. The Bertz CT molecular complexity index is 436. The third-order valence-electron chi connectivity index (χ3n) is 2.42. The predicted octanol–water partition coefficient (Wildman–Crippen LogP) is 1.67. The molecule has 1 aromatic rings. The fraction of sp³-hybridized carbons (Fsp3) is 0.417. The second kappa shape index (κ2) is 6.39. The topological polar surface area (TPSA) is 32.3 Å². The van der Waals surface area contributed by atoms with E-state index in [0.717, 1.165) is 6.07 Å². The molecule has 1 rings (SSSR count). The summed E-state index contributed by atoms with van der Waals surface area (Å²) >= 11 is 0. The van der Waals surface area contributed by atoms with Crippen LogP contribution in [0.2, 0.25) is 0 Å². The minimum absolute atomic E-state index is 0.0335. The molecule has 6 heteroatoms. The number of carbonyl (C=O) groups is 1. The normalized spacial score (nSPS) is 10.5. The first-order chi connectivity index (χ1) is 8.41. The van der Waals surface area contributed by atoms with Gasteiger partial charge >= 0.3 is 0 Å². The molecule has 18 heavy (non-hydrogen) atoms. The second-order valence-electron chi connectivity index (χ2n) is 4.07. The lowest BCUT2D eigenvalue weighted by molar-refractivity contribution is -0.128. The SMILES string of the molecule is CN(C)C(=O)CCNCc1cc(F)c(F)cc1F. The zero-order valence-corrected chi connectivity index (χ0v) is 10.3. The lowest BCUT2D eigenvalue weighted by atomic mass is 10.2. The maximum atomic E-state index is 13.2. The van der Waals surface area contributed by atoms with E-state index in [-0.39, 0.29) is 24.4 Å². The first-order valence-corrected chi connectivity index (χ1v) is 5.46. The van der Waals surface area contributed by atoms with Crippen molar-refractivity contribution >= 4 is 5.91 Å². The van der Waals surface area contributed by atoms with Crippen molar-refractivity contribution in [3.63, 3.8) is 0 Å². The van der Waals surface area contributed by atoms with Gasteiger partial charge in [-0.05, 0) is 6.07 Å². The molecule has 100 valence electrons. The molecule has 0 heterocycles. The molecule has 0 atom stereocenters.